The number of carbonyl (C=O) groups is 4. The lowest BCUT2D eigenvalue weighted by Crippen LogP contribution is -2.52. The Bertz CT molecular complexity index is 1810. The number of halogens is 2. The molecule has 1 unspecified atom stereocenters. The number of anilines is 2. The zero-order valence-electron chi connectivity index (χ0n) is 29.7. The fraction of sp³-hybridized carbons (Fsp3) is 0.447. The fourth-order valence-electron chi connectivity index (χ4n) is 5.99. The Balaban J connectivity index is 0.820. The number of nitrogens with one attached hydrogen (secondary N) is 3. The second kappa shape index (κ2) is 19.2. The predicted octanol–water partition coefficient (Wildman–Crippen LogP) is 5.12. The maximum Gasteiger partial charge on any atom is 0.255 e. The van der Waals surface area contributed by atoms with Crippen LogP contribution in [-0.2, 0) is 30.3 Å². The molecule has 16 heteroatoms. The van der Waals surface area contributed by atoms with Crippen molar-refractivity contribution in [1.82, 2.24) is 15.2 Å². The van der Waals surface area contributed by atoms with E-state index in [1.165, 1.54) is 12.4 Å². The normalized spacial score (nSPS) is 16.6. The van der Waals surface area contributed by atoms with Crippen LogP contribution in [-0.4, -0.2) is 99.0 Å². The molecule has 0 radical (unpaired) electrons. The molecular weight excluding hydrogens is 741 g/mol. The van der Waals surface area contributed by atoms with Gasteiger partial charge in [-0.25, -0.2) is 0 Å². The molecule has 2 aliphatic heterocycles. The number of rotatable bonds is 21. The van der Waals surface area contributed by atoms with Gasteiger partial charge >= 0.3 is 0 Å². The minimum Gasteiger partial charge on any atom is -0.489 e. The van der Waals surface area contributed by atoms with Crippen molar-refractivity contribution in [1.29, 1.82) is 0 Å². The van der Waals surface area contributed by atoms with Crippen LogP contribution >= 0.6 is 23.2 Å². The van der Waals surface area contributed by atoms with E-state index in [1.807, 2.05) is 12.1 Å². The summed E-state index contributed by atoms with van der Waals surface area (Å²) in [6.07, 6.45) is 6.34. The van der Waals surface area contributed by atoms with E-state index in [9.17, 15) is 19.2 Å². The molecule has 0 spiro atoms. The Morgan fingerprint density at radius 2 is 1.59 bits per heavy atom. The van der Waals surface area contributed by atoms with E-state index in [4.69, 9.17) is 46.9 Å². The van der Waals surface area contributed by atoms with Crippen molar-refractivity contribution < 1.29 is 42.9 Å². The van der Waals surface area contributed by atoms with Gasteiger partial charge in [0.1, 0.15) is 12.6 Å². The molecule has 1 aromatic heterocycles. The molecule has 54 heavy (non-hydrogen) atoms. The second-order valence-electron chi connectivity index (χ2n) is 13.0. The summed E-state index contributed by atoms with van der Waals surface area (Å²) in [5.74, 6) is 0.172. The summed E-state index contributed by atoms with van der Waals surface area (Å²) >= 11 is 12.3. The number of imide groups is 1. The molecule has 1 aliphatic carbocycles. The number of nitrogens with zero attached hydrogens (tertiary/aromatic N) is 2. The molecule has 3 aromatic rings. The minimum absolute atomic E-state index is 0.195. The lowest BCUT2D eigenvalue weighted by Gasteiger charge is -2.29. The van der Waals surface area contributed by atoms with Gasteiger partial charge in [0.15, 0.2) is 11.5 Å². The Kier molecular flexibility index (Phi) is 14.0. The van der Waals surface area contributed by atoms with Gasteiger partial charge in [-0.15, -0.1) is 0 Å². The van der Waals surface area contributed by atoms with Crippen molar-refractivity contribution in [2.24, 2.45) is 5.92 Å². The zero-order chi connectivity index (χ0) is 37.9. The number of fused-ring (bicyclic) bond motifs is 1. The van der Waals surface area contributed by atoms with Crippen LogP contribution in [0, 0.1) is 5.92 Å². The summed E-state index contributed by atoms with van der Waals surface area (Å²) in [4.78, 5) is 55.3. The van der Waals surface area contributed by atoms with E-state index < -0.39 is 17.9 Å². The van der Waals surface area contributed by atoms with Crippen LogP contribution in [0.5, 0.6) is 11.5 Å². The van der Waals surface area contributed by atoms with Crippen LogP contribution in [0.15, 0.2) is 48.8 Å². The number of aromatic nitrogens is 1. The highest BCUT2D eigenvalue weighted by molar-refractivity contribution is 6.39. The molecular formula is C38H43Cl2N5O9. The fourth-order valence-corrected chi connectivity index (χ4v) is 6.45. The molecule has 0 bridgehead atoms. The zero-order valence-corrected chi connectivity index (χ0v) is 31.2. The molecule has 2 fully saturated rings. The number of carbonyl (C=O) groups excluding carboxylic acids is 4. The average Bonchev–Trinajstić information content (AvgIpc) is 3.94. The van der Waals surface area contributed by atoms with Gasteiger partial charge in [0.2, 0.25) is 11.8 Å². The third-order valence-corrected chi connectivity index (χ3v) is 9.63. The third-order valence-electron chi connectivity index (χ3n) is 9.06. The van der Waals surface area contributed by atoms with Gasteiger partial charge in [-0.2, -0.15) is 0 Å². The quantitative estimate of drug-likeness (QED) is 0.0970. The summed E-state index contributed by atoms with van der Waals surface area (Å²) in [5.41, 5.74) is 2.93. The van der Waals surface area contributed by atoms with E-state index in [1.54, 1.807) is 29.2 Å². The molecule has 4 amide bonds. The van der Waals surface area contributed by atoms with E-state index in [2.05, 4.69) is 20.9 Å². The number of benzene rings is 2. The first kappa shape index (κ1) is 39.2. The van der Waals surface area contributed by atoms with Gasteiger partial charge in [-0.05, 0) is 61.9 Å². The highest BCUT2D eigenvalue weighted by atomic mass is 35.5. The Morgan fingerprint density at radius 3 is 2.31 bits per heavy atom. The lowest BCUT2D eigenvalue weighted by atomic mass is 10.0. The van der Waals surface area contributed by atoms with Gasteiger partial charge in [0.05, 0.1) is 55.4 Å². The lowest BCUT2D eigenvalue weighted by molar-refractivity contribution is -0.136. The van der Waals surface area contributed by atoms with Gasteiger partial charge in [-0.1, -0.05) is 29.3 Å². The van der Waals surface area contributed by atoms with Crippen molar-refractivity contribution in [3.8, 4) is 11.5 Å². The van der Waals surface area contributed by atoms with Crippen LogP contribution in [0.1, 0.15) is 58.4 Å². The summed E-state index contributed by atoms with van der Waals surface area (Å²) in [6, 6.07) is 9.84. The summed E-state index contributed by atoms with van der Waals surface area (Å²) in [7, 11) is 0. The van der Waals surface area contributed by atoms with Crippen LogP contribution in [0.2, 0.25) is 10.0 Å². The summed E-state index contributed by atoms with van der Waals surface area (Å²) in [6.45, 7) is 4.34. The number of piperidine rings is 1. The van der Waals surface area contributed by atoms with Crippen molar-refractivity contribution in [2.45, 2.75) is 44.7 Å². The Morgan fingerprint density at radius 1 is 0.870 bits per heavy atom. The maximum atomic E-state index is 13.0. The minimum atomic E-state index is -0.642. The number of pyridine rings is 1. The van der Waals surface area contributed by atoms with Gasteiger partial charge < -0.3 is 39.2 Å². The molecule has 3 aliphatic rings. The first-order chi connectivity index (χ1) is 26.3. The van der Waals surface area contributed by atoms with E-state index >= 15 is 0 Å². The first-order valence-electron chi connectivity index (χ1n) is 18.0. The molecule has 6 rings (SSSR count). The van der Waals surface area contributed by atoms with Crippen LogP contribution < -0.4 is 25.4 Å². The molecule has 1 saturated carbocycles. The summed E-state index contributed by atoms with van der Waals surface area (Å²) in [5, 5.41) is 8.92. The summed E-state index contributed by atoms with van der Waals surface area (Å²) < 4.78 is 28.9. The second-order valence-corrected chi connectivity index (χ2v) is 13.9. The first-order valence-corrected chi connectivity index (χ1v) is 18.8. The van der Waals surface area contributed by atoms with Gasteiger partial charge in [0, 0.05) is 60.9 Å². The van der Waals surface area contributed by atoms with Gasteiger partial charge in [0.25, 0.3) is 11.8 Å². The number of amides is 4. The van der Waals surface area contributed by atoms with Crippen molar-refractivity contribution in [3.63, 3.8) is 0 Å². The van der Waals surface area contributed by atoms with E-state index in [-0.39, 0.29) is 40.6 Å². The number of hydrogen-bond acceptors (Lipinski definition) is 11. The molecule has 1 atom stereocenters. The molecule has 288 valence electrons. The van der Waals surface area contributed by atoms with Crippen LogP contribution in [0.4, 0.5) is 11.4 Å². The highest BCUT2D eigenvalue weighted by Crippen LogP contribution is 2.35. The standard InChI is InChI=1S/C38H43Cl2N5O9/c39-28-20-41-21-29(40)35(28)44-36(47)25-7-9-32(33(19-25)54-23-24-5-6-24)53-18-17-52-16-15-51-14-13-50-12-2-11-42-30-4-1-3-26-27(30)22-45(38(26)49)31-8-10-34(46)43-37(31)48/h1,3-4,7,9,19-21,24,31,42H,2,5-6,8,10-18,22-23H2,(H,41,44,47)(H,43,46,48). The smallest absolute Gasteiger partial charge is 0.255 e. The van der Waals surface area contributed by atoms with E-state index in [0.29, 0.717) is 94.3 Å². The molecule has 3 N–H and O–H groups in total. The average molecular weight is 785 g/mol. The molecule has 14 nitrogen and oxygen atoms in total. The van der Waals surface area contributed by atoms with Gasteiger partial charge in [-0.3, -0.25) is 29.5 Å². The maximum absolute atomic E-state index is 13.0. The van der Waals surface area contributed by atoms with Crippen LogP contribution in [0.25, 0.3) is 0 Å². The number of ether oxygens (including phenoxy) is 5. The van der Waals surface area contributed by atoms with E-state index in [0.717, 1.165) is 30.5 Å². The monoisotopic (exact) mass is 783 g/mol. The SMILES string of the molecule is O=C1CCC(N2Cc3c(NCCCOCCOCCOCCOc4ccc(C(=O)Nc5c(Cl)cncc5Cl)cc4OCC4CC4)cccc3C2=O)C(=O)N1. The van der Waals surface area contributed by atoms with Crippen LogP contribution in [0.3, 0.4) is 0 Å². The van der Waals surface area contributed by atoms with Crippen molar-refractivity contribution >= 4 is 58.2 Å². The third kappa shape index (κ3) is 10.6. The highest BCUT2D eigenvalue weighted by Gasteiger charge is 2.39. The largest absolute Gasteiger partial charge is 0.489 e. The van der Waals surface area contributed by atoms with Crippen molar-refractivity contribution in [3.05, 3.63) is 75.5 Å². The Hall–Kier alpha value is -4.47. The molecule has 2 aromatic carbocycles. The topological polar surface area (TPSA) is 167 Å². The molecule has 1 saturated heterocycles. The number of hydrogen-bond donors (Lipinski definition) is 3. The van der Waals surface area contributed by atoms with Crippen molar-refractivity contribution in [2.75, 3.05) is 70.0 Å². The molecule has 3 heterocycles. The Labute approximate surface area is 323 Å². The predicted molar refractivity (Wildman–Crippen MR) is 200 cm³/mol.